The van der Waals surface area contributed by atoms with Gasteiger partial charge in [0.05, 0.1) is 0 Å². The van der Waals surface area contributed by atoms with Gasteiger partial charge in [-0.2, -0.15) is 0 Å². The molecule has 2 N–H and O–H groups in total. The Morgan fingerprint density at radius 3 is 0.722 bits per heavy atom. The van der Waals surface area contributed by atoms with Gasteiger partial charge >= 0.3 is 0 Å². The molecule has 36 heavy (non-hydrogen) atoms. The normalized spacial score (nSPS) is 11.8. The van der Waals surface area contributed by atoms with Crippen LogP contribution in [0, 0.1) is 0 Å². The first kappa shape index (κ1) is 36.4. The fourth-order valence-electron chi connectivity index (χ4n) is 5.52. The van der Waals surface area contributed by atoms with Crippen molar-refractivity contribution in [3.05, 3.63) is 0 Å². The molecule has 3 heteroatoms. The molecule has 0 aliphatic rings. The van der Waals surface area contributed by atoms with Crippen molar-refractivity contribution >= 4 is 8.38 Å². The molecule has 0 aromatic heterocycles. The SMILES string of the molecule is CCCCCCCCCCCCCCCCC(CCCCCCCCCCCCCCCC)P(O)O. The van der Waals surface area contributed by atoms with Crippen LogP contribution in [0.25, 0.3) is 0 Å². The van der Waals surface area contributed by atoms with Crippen molar-refractivity contribution in [2.75, 3.05) is 0 Å². The number of rotatable bonds is 31. The van der Waals surface area contributed by atoms with Crippen LogP contribution in [-0.2, 0) is 0 Å². The van der Waals surface area contributed by atoms with E-state index in [4.69, 9.17) is 0 Å². The highest BCUT2D eigenvalue weighted by atomic mass is 31.2. The summed E-state index contributed by atoms with van der Waals surface area (Å²) in [5.74, 6) is 0. The fraction of sp³-hybridized carbons (Fsp3) is 1.00. The van der Waals surface area contributed by atoms with Gasteiger partial charge in [0, 0.05) is 5.66 Å². The third kappa shape index (κ3) is 28.9. The van der Waals surface area contributed by atoms with Crippen LogP contribution >= 0.6 is 8.38 Å². The van der Waals surface area contributed by atoms with Gasteiger partial charge in [-0.1, -0.05) is 194 Å². The van der Waals surface area contributed by atoms with Crippen molar-refractivity contribution in [2.45, 2.75) is 212 Å². The molecule has 0 bridgehead atoms. The average Bonchev–Trinajstić information content (AvgIpc) is 2.87. The summed E-state index contributed by atoms with van der Waals surface area (Å²) in [6.07, 6.45) is 40.7. The quantitative estimate of drug-likeness (QED) is 0.0693. The molecular formula is C33H69O2P. The topological polar surface area (TPSA) is 40.5 Å². The van der Waals surface area contributed by atoms with E-state index in [0.29, 0.717) is 0 Å². The van der Waals surface area contributed by atoms with E-state index >= 15 is 0 Å². The minimum Gasteiger partial charge on any atom is -0.350 e. The van der Waals surface area contributed by atoms with E-state index in [1.807, 2.05) is 0 Å². The highest BCUT2D eigenvalue weighted by molar-refractivity contribution is 7.45. The number of hydrogen-bond acceptors (Lipinski definition) is 2. The van der Waals surface area contributed by atoms with Gasteiger partial charge in [0.15, 0.2) is 8.38 Å². The molecule has 0 amide bonds. The minimum absolute atomic E-state index is 0.162. The summed E-state index contributed by atoms with van der Waals surface area (Å²) in [5, 5.41) is 0. The maximum atomic E-state index is 9.84. The van der Waals surface area contributed by atoms with Gasteiger partial charge in [0.1, 0.15) is 0 Å². The van der Waals surface area contributed by atoms with E-state index in [0.717, 1.165) is 12.8 Å². The van der Waals surface area contributed by atoms with Crippen molar-refractivity contribution in [1.82, 2.24) is 0 Å². The molecule has 2 nitrogen and oxygen atoms in total. The van der Waals surface area contributed by atoms with Crippen molar-refractivity contribution in [3.8, 4) is 0 Å². The lowest BCUT2D eigenvalue weighted by Crippen LogP contribution is -2.05. The van der Waals surface area contributed by atoms with Gasteiger partial charge < -0.3 is 9.79 Å². The largest absolute Gasteiger partial charge is 0.350 e. The Kier molecular flexibility index (Phi) is 31.9. The predicted octanol–water partition coefficient (Wildman–Crippen LogP) is 12.4. The van der Waals surface area contributed by atoms with Gasteiger partial charge in [-0.05, 0) is 12.8 Å². The molecule has 0 heterocycles. The monoisotopic (exact) mass is 529 g/mol. The van der Waals surface area contributed by atoms with E-state index in [1.165, 1.54) is 180 Å². The standard InChI is InChI=1S/C33H69O2P/c1-3-5-7-9-11-13-15-17-19-21-23-25-27-29-31-33(36(34)35)32-30-28-26-24-22-20-18-16-14-12-10-8-6-4-2/h33-35H,3-32H2,1-2H3. The zero-order valence-electron chi connectivity index (χ0n) is 25.1. The second kappa shape index (κ2) is 31.6. The molecule has 0 spiro atoms. The van der Waals surface area contributed by atoms with Crippen molar-refractivity contribution in [1.29, 1.82) is 0 Å². The minimum atomic E-state index is -1.75. The van der Waals surface area contributed by atoms with Crippen LogP contribution in [0.4, 0.5) is 0 Å². The third-order valence-corrected chi connectivity index (χ3v) is 9.28. The van der Waals surface area contributed by atoms with Crippen LogP contribution < -0.4 is 0 Å². The van der Waals surface area contributed by atoms with E-state index in [2.05, 4.69) is 13.8 Å². The smallest absolute Gasteiger partial charge is 0.168 e. The first-order valence-corrected chi connectivity index (χ1v) is 18.2. The van der Waals surface area contributed by atoms with Gasteiger partial charge in [-0.25, -0.2) is 0 Å². The summed E-state index contributed by atoms with van der Waals surface area (Å²) in [4.78, 5) is 19.7. The Hall–Kier alpha value is 0.350. The molecule has 0 aliphatic carbocycles. The molecule has 0 rings (SSSR count). The van der Waals surface area contributed by atoms with Crippen molar-refractivity contribution < 1.29 is 9.79 Å². The Bertz CT molecular complexity index is 356. The van der Waals surface area contributed by atoms with Crippen LogP contribution in [0.1, 0.15) is 206 Å². The lowest BCUT2D eigenvalue weighted by molar-refractivity contribution is 0.437. The van der Waals surface area contributed by atoms with Crippen LogP contribution in [-0.4, -0.2) is 15.4 Å². The maximum absolute atomic E-state index is 9.84. The lowest BCUT2D eigenvalue weighted by Gasteiger charge is -2.17. The molecule has 0 aromatic rings. The second-order valence-corrected chi connectivity index (χ2v) is 13.1. The highest BCUT2D eigenvalue weighted by Crippen LogP contribution is 2.38. The summed E-state index contributed by atoms with van der Waals surface area (Å²) < 4.78 is 0. The zero-order valence-corrected chi connectivity index (χ0v) is 26.0. The Labute approximate surface area is 230 Å². The summed E-state index contributed by atoms with van der Waals surface area (Å²) >= 11 is 0. The molecule has 0 fully saturated rings. The van der Waals surface area contributed by atoms with Crippen LogP contribution in [0.15, 0.2) is 0 Å². The molecule has 0 saturated heterocycles. The molecule has 0 atom stereocenters. The second-order valence-electron chi connectivity index (χ2n) is 11.7. The van der Waals surface area contributed by atoms with Crippen molar-refractivity contribution in [3.63, 3.8) is 0 Å². The molecule has 0 radical (unpaired) electrons. The number of unbranched alkanes of at least 4 members (excludes halogenated alkanes) is 26. The maximum Gasteiger partial charge on any atom is 0.168 e. The fourth-order valence-corrected chi connectivity index (χ4v) is 6.35. The average molecular weight is 529 g/mol. The summed E-state index contributed by atoms with van der Waals surface area (Å²) in [7, 11) is -1.75. The predicted molar refractivity (Wildman–Crippen MR) is 165 cm³/mol. The van der Waals surface area contributed by atoms with Crippen LogP contribution in [0.2, 0.25) is 0 Å². The highest BCUT2D eigenvalue weighted by Gasteiger charge is 2.16. The summed E-state index contributed by atoms with van der Waals surface area (Å²) in [5.41, 5.74) is 0.162. The van der Waals surface area contributed by atoms with Crippen LogP contribution in [0.5, 0.6) is 0 Å². The number of hydrogen-bond donors (Lipinski definition) is 2. The Morgan fingerprint density at radius 2 is 0.528 bits per heavy atom. The Balaban J connectivity index is 3.39. The molecule has 218 valence electrons. The van der Waals surface area contributed by atoms with Crippen LogP contribution in [0.3, 0.4) is 0 Å². The third-order valence-electron chi connectivity index (χ3n) is 8.11. The van der Waals surface area contributed by atoms with Gasteiger partial charge in [0.25, 0.3) is 0 Å². The van der Waals surface area contributed by atoms with Gasteiger partial charge in [0.2, 0.25) is 0 Å². The molecular weight excluding hydrogens is 459 g/mol. The van der Waals surface area contributed by atoms with E-state index < -0.39 is 8.38 Å². The van der Waals surface area contributed by atoms with Crippen molar-refractivity contribution in [2.24, 2.45) is 0 Å². The van der Waals surface area contributed by atoms with E-state index in [1.54, 1.807) is 0 Å². The van der Waals surface area contributed by atoms with E-state index in [-0.39, 0.29) is 5.66 Å². The van der Waals surface area contributed by atoms with E-state index in [9.17, 15) is 9.79 Å². The zero-order chi connectivity index (χ0) is 26.4. The first-order valence-electron chi connectivity index (χ1n) is 16.9. The molecule has 0 saturated carbocycles. The summed E-state index contributed by atoms with van der Waals surface area (Å²) in [6, 6.07) is 0. The van der Waals surface area contributed by atoms with Gasteiger partial charge in [-0.15, -0.1) is 0 Å². The van der Waals surface area contributed by atoms with Gasteiger partial charge in [-0.3, -0.25) is 0 Å². The molecule has 0 unspecified atom stereocenters. The molecule has 0 aromatic carbocycles. The molecule has 0 aliphatic heterocycles. The first-order chi connectivity index (χ1) is 17.7. The summed E-state index contributed by atoms with van der Waals surface area (Å²) in [6.45, 7) is 4.58. The Morgan fingerprint density at radius 1 is 0.333 bits per heavy atom. The lowest BCUT2D eigenvalue weighted by atomic mass is 10.0.